The molecule has 1 aromatic carbocycles. The predicted octanol–water partition coefficient (Wildman–Crippen LogP) is 4.37. The zero-order chi connectivity index (χ0) is 25.5. The van der Waals surface area contributed by atoms with Crippen LogP contribution in [-0.2, 0) is 0 Å². The fourth-order valence-electron chi connectivity index (χ4n) is 3.07. The van der Waals surface area contributed by atoms with Gasteiger partial charge in [-0.15, -0.1) is 11.3 Å². The van der Waals surface area contributed by atoms with Crippen LogP contribution in [0.4, 0.5) is 13.2 Å². The number of carbonyl (C=O) groups excluding carboxylic acids is 2. The number of aromatic nitrogens is 1. The molecule has 0 bridgehead atoms. The maximum atomic E-state index is 13.0. The lowest BCUT2D eigenvalue weighted by Gasteiger charge is -2.21. The van der Waals surface area contributed by atoms with Crippen LogP contribution < -0.4 is 24.8 Å². The van der Waals surface area contributed by atoms with E-state index in [1.807, 2.05) is 13.8 Å². The van der Waals surface area contributed by atoms with Crippen LogP contribution in [0.2, 0.25) is 0 Å². The average molecular weight is 504 g/mol. The molecule has 0 spiro atoms. The van der Waals surface area contributed by atoms with Gasteiger partial charge in [0.15, 0.2) is 11.5 Å². The molecule has 2 aromatic rings. The number of nitrogens with one attached hydrogen (secondary N) is 2. The number of benzene rings is 1. The summed E-state index contributed by atoms with van der Waals surface area (Å²) in [5.74, 6) is -0.0410. The van der Waals surface area contributed by atoms with Gasteiger partial charge >= 0.3 is 6.18 Å². The van der Waals surface area contributed by atoms with E-state index in [0.717, 1.165) is 0 Å². The Hall–Kier alpha value is -3.02. The number of ether oxygens (including phenoxy) is 3. The standard InChI is InChI=1S/C22H28F3N3O5S/c1-12(2)17(21-27-14(11-34-21)20(30)26-8-6-7-22(23,24)25)28-19(29)13-9-15(31-3)18(33-5)16(10-13)32-4/h9-12,17H,6-8H2,1-5H3,(H,26,30)(H,28,29). The number of hydrogen-bond donors (Lipinski definition) is 2. The molecule has 0 aliphatic heterocycles. The molecule has 8 nitrogen and oxygen atoms in total. The van der Waals surface area contributed by atoms with E-state index in [2.05, 4.69) is 15.6 Å². The molecule has 0 aliphatic rings. The Balaban J connectivity index is 2.14. The summed E-state index contributed by atoms with van der Waals surface area (Å²) in [7, 11) is 4.35. The summed E-state index contributed by atoms with van der Waals surface area (Å²) in [6, 6.07) is 2.54. The first-order chi connectivity index (χ1) is 16.0. The monoisotopic (exact) mass is 503 g/mol. The van der Waals surface area contributed by atoms with Crippen LogP contribution in [0.1, 0.15) is 58.6 Å². The second-order valence-corrected chi connectivity index (χ2v) is 8.54. The Morgan fingerprint density at radius 2 is 1.68 bits per heavy atom. The van der Waals surface area contributed by atoms with Gasteiger partial charge in [-0.2, -0.15) is 13.2 Å². The Bertz CT molecular complexity index is 969. The Morgan fingerprint density at radius 3 is 2.18 bits per heavy atom. The molecule has 2 amide bonds. The molecular weight excluding hydrogens is 475 g/mol. The van der Waals surface area contributed by atoms with Crippen LogP contribution in [-0.4, -0.2) is 50.8 Å². The van der Waals surface area contributed by atoms with Crippen molar-refractivity contribution in [1.82, 2.24) is 15.6 Å². The number of nitrogens with zero attached hydrogens (tertiary/aromatic N) is 1. The lowest BCUT2D eigenvalue weighted by atomic mass is 10.0. The second-order valence-electron chi connectivity index (χ2n) is 7.65. The van der Waals surface area contributed by atoms with Crippen LogP contribution in [0.15, 0.2) is 17.5 Å². The molecule has 1 unspecified atom stereocenters. The Labute approximate surface area is 199 Å². The summed E-state index contributed by atoms with van der Waals surface area (Å²) >= 11 is 1.18. The number of methoxy groups -OCH3 is 3. The van der Waals surface area contributed by atoms with Crippen LogP contribution in [0.5, 0.6) is 17.2 Å². The molecule has 0 aliphatic carbocycles. The number of amides is 2. The number of hydrogen-bond acceptors (Lipinski definition) is 7. The normalized spacial score (nSPS) is 12.3. The first-order valence-corrected chi connectivity index (χ1v) is 11.3. The number of thiazole rings is 1. The van der Waals surface area contributed by atoms with Crippen LogP contribution in [0.3, 0.4) is 0 Å². The molecule has 188 valence electrons. The Kier molecular flexibility index (Phi) is 9.54. The highest BCUT2D eigenvalue weighted by Crippen LogP contribution is 2.38. The molecule has 0 fully saturated rings. The highest BCUT2D eigenvalue weighted by molar-refractivity contribution is 7.09. The summed E-state index contributed by atoms with van der Waals surface area (Å²) in [4.78, 5) is 29.6. The maximum absolute atomic E-state index is 13.0. The van der Waals surface area contributed by atoms with E-state index in [1.165, 1.54) is 50.2 Å². The highest BCUT2D eigenvalue weighted by Gasteiger charge is 2.27. The molecule has 0 saturated heterocycles. The van der Waals surface area contributed by atoms with Gasteiger partial charge in [-0.25, -0.2) is 4.98 Å². The first kappa shape index (κ1) is 27.2. The van der Waals surface area contributed by atoms with Crippen LogP contribution >= 0.6 is 11.3 Å². The molecule has 34 heavy (non-hydrogen) atoms. The third-order valence-corrected chi connectivity index (χ3v) is 5.75. The van der Waals surface area contributed by atoms with Crippen molar-refractivity contribution in [2.75, 3.05) is 27.9 Å². The molecule has 0 saturated carbocycles. The minimum Gasteiger partial charge on any atom is -0.493 e. The summed E-state index contributed by atoms with van der Waals surface area (Å²) in [6.45, 7) is 3.66. The molecule has 0 radical (unpaired) electrons. The fraction of sp³-hybridized carbons (Fsp3) is 0.500. The molecule has 1 heterocycles. The van der Waals surface area contributed by atoms with Gasteiger partial charge in [-0.05, 0) is 24.5 Å². The second kappa shape index (κ2) is 11.9. The van der Waals surface area contributed by atoms with E-state index < -0.39 is 30.5 Å². The number of rotatable bonds is 11. The van der Waals surface area contributed by atoms with Crippen molar-refractivity contribution in [3.8, 4) is 17.2 Å². The van der Waals surface area contributed by atoms with Crippen molar-refractivity contribution in [2.45, 2.75) is 38.9 Å². The van der Waals surface area contributed by atoms with Crippen molar-refractivity contribution in [3.05, 3.63) is 33.8 Å². The summed E-state index contributed by atoms with van der Waals surface area (Å²) < 4.78 is 52.6. The van der Waals surface area contributed by atoms with E-state index >= 15 is 0 Å². The van der Waals surface area contributed by atoms with Gasteiger partial charge in [0.2, 0.25) is 5.75 Å². The van der Waals surface area contributed by atoms with Crippen molar-refractivity contribution in [1.29, 1.82) is 0 Å². The van der Waals surface area contributed by atoms with Gasteiger partial charge in [0, 0.05) is 23.9 Å². The SMILES string of the molecule is COc1cc(C(=O)NC(c2nc(C(=O)NCCCC(F)(F)F)cs2)C(C)C)cc(OC)c1OC. The molecule has 1 aromatic heterocycles. The van der Waals surface area contributed by atoms with E-state index in [0.29, 0.717) is 22.3 Å². The maximum Gasteiger partial charge on any atom is 0.389 e. The third kappa shape index (κ3) is 7.24. The van der Waals surface area contributed by atoms with Gasteiger partial charge in [0.05, 0.1) is 27.4 Å². The molecule has 12 heteroatoms. The minimum absolute atomic E-state index is 0.0696. The van der Waals surface area contributed by atoms with Gasteiger partial charge in [-0.1, -0.05) is 13.8 Å². The van der Waals surface area contributed by atoms with E-state index in [4.69, 9.17) is 14.2 Å². The van der Waals surface area contributed by atoms with Crippen molar-refractivity contribution in [3.63, 3.8) is 0 Å². The Morgan fingerprint density at radius 1 is 1.06 bits per heavy atom. The van der Waals surface area contributed by atoms with Gasteiger partial charge in [0.1, 0.15) is 10.7 Å². The van der Waals surface area contributed by atoms with E-state index in [1.54, 1.807) is 0 Å². The predicted molar refractivity (Wildman–Crippen MR) is 121 cm³/mol. The van der Waals surface area contributed by atoms with Crippen molar-refractivity contribution >= 4 is 23.2 Å². The first-order valence-electron chi connectivity index (χ1n) is 10.4. The van der Waals surface area contributed by atoms with Crippen molar-refractivity contribution in [2.24, 2.45) is 5.92 Å². The highest BCUT2D eigenvalue weighted by atomic mass is 32.1. The molecule has 1 atom stereocenters. The van der Waals surface area contributed by atoms with E-state index in [9.17, 15) is 22.8 Å². The molecule has 2 rings (SSSR count). The number of carbonyl (C=O) groups is 2. The van der Waals surface area contributed by atoms with Gasteiger partial charge in [-0.3, -0.25) is 9.59 Å². The average Bonchev–Trinajstić information content (AvgIpc) is 3.27. The van der Waals surface area contributed by atoms with Gasteiger partial charge in [0.25, 0.3) is 11.8 Å². The lowest BCUT2D eigenvalue weighted by Crippen LogP contribution is -2.32. The molecule has 2 N–H and O–H groups in total. The minimum atomic E-state index is -4.26. The molecular formula is C22H28F3N3O5S. The van der Waals surface area contributed by atoms with Crippen LogP contribution in [0, 0.1) is 5.92 Å². The van der Waals surface area contributed by atoms with E-state index in [-0.39, 0.29) is 30.1 Å². The number of halogens is 3. The van der Waals surface area contributed by atoms with Crippen LogP contribution in [0.25, 0.3) is 0 Å². The fourth-order valence-corrected chi connectivity index (χ4v) is 4.09. The summed E-state index contributed by atoms with van der Waals surface area (Å²) in [6.07, 6.45) is -5.46. The summed E-state index contributed by atoms with van der Waals surface area (Å²) in [5, 5.41) is 7.35. The summed E-state index contributed by atoms with van der Waals surface area (Å²) in [5.41, 5.74) is 0.360. The zero-order valence-corrected chi connectivity index (χ0v) is 20.4. The third-order valence-electron chi connectivity index (χ3n) is 4.82. The smallest absolute Gasteiger partial charge is 0.389 e. The largest absolute Gasteiger partial charge is 0.493 e. The van der Waals surface area contributed by atoms with Crippen molar-refractivity contribution < 1.29 is 37.0 Å². The zero-order valence-electron chi connectivity index (χ0n) is 19.5. The lowest BCUT2D eigenvalue weighted by molar-refractivity contribution is -0.135. The van der Waals surface area contributed by atoms with Gasteiger partial charge < -0.3 is 24.8 Å². The topological polar surface area (TPSA) is 98.8 Å². The number of alkyl halides is 3. The quantitative estimate of drug-likeness (QED) is 0.442.